The third kappa shape index (κ3) is 11.1. The number of hydrogen-bond acceptors (Lipinski definition) is 2. The Morgan fingerprint density at radius 3 is 2.00 bits per heavy atom. The fraction of sp³-hybridized carbons (Fsp3) is 0.793. The van der Waals surface area contributed by atoms with Crippen LogP contribution in [0.2, 0.25) is 0 Å². The van der Waals surface area contributed by atoms with Gasteiger partial charge in [0.05, 0.1) is 0 Å². The summed E-state index contributed by atoms with van der Waals surface area (Å²) in [5.41, 5.74) is 2.42. The molecule has 1 aromatic heterocycles. The maximum atomic E-state index is 13.3. The Balaban J connectivity index is 2.79. The number of carbonyl (C=O) groups is 1. The molecular formula is C29H51BO2. The van der Waals surface area contributed by atoms with Crippen LogP contribution in [-0.2, 0) is 22.6 Å². The summed E-state index contributed by atoms with van der Waals surface area (Å²) in [5, 5.41) is 0. The van der Waals surface area contributed by atoms with Crippen molar-refractivity contribution in [2.24, 2.45) is 10.8 Å². The van der Waals surface area contributed by atoms with Crippen molar-refractivity contribution in [3.8, 4) is 0 Å². The first kappa shape index (κ1) is 28.9. The normalized spacial score (nSPS) is 12.1. The molecule has 1 rings (SSSR count). The summed E-state index contributed by atoms with van der Waals surface area (Å²) in [6.07, 6.45) is 16.3. The molecule has 0 aliphatic carbocycles. The Morgan fingerprint density at radius 2 is 1.44 bits per heavy atom. The Bertz CT molecular complexity index is 626. The van der Waals surface area contributed by atoms with Crippen LogP contribution in [0.5, 0.6) is 0 Å². The van der Waals surface area contributed by atoms with Crippen LogP contribution in [0.15, 0.2) is 18.1 Å². The van der Waals surface area contributed by atoms with Gasteiger partial charge in [0.15, 0.2) is 0 Å². The number of rotatable bonds is 18. The van der Waals surface area contributed by atoms with Gasteiger partial charge in [0.1, 0.15) is 0 Å². The van der Waals surface area contributed by atoms with Crippen LogP contribution in [0.3, 0.4) is 0 Å². The van der Waals surface area contributed by atoms with Gasteiger partial charge in [-0.25, -0.2) is 0 Å². The molecule has 0 saturated carbocycles. The van der Waals surface area contributed by atoms with Crippen molar-refractivity contribution in [1.29, 1.82) is 0 Å². The second-order valence-electron chi connectivity index (χ2n) is 11.0. The molecular weight excluding hydrogens is 391 g/mol. The third-order valence-electron chi connectivity index (χ3n) is 7.01. The van der Waals surface area contributed by atoms with E-state index >= 15 is 0 Å². The summed E-state index contributed by atoms with van der Waals surface area (Å²) < 4.78 is 6.00. The first-order valence-corrected chi connectivity index (χ1v) is 13.5. The standard InChI is InChI=1S/C29H51BO2/c1-7-10-13-15-20-29(6,21-16-14-11-8-2)27(31)32-24-25-18-17-22-30-26(25)23-28(4,5)19-12-9-3/h17-18,22H,7-16,19-21,23-24H2,1-6H3. The Kier molecular flexibility index (Phi) is 14.2. The zero-order chi connectivity index (χ0) is 23.9. The molecule has 0 aliphatic rings. The van der Waals surface area contributed by atoms with Gasteiger partial charge in [-0.2, -0.15) is 0 Å². The summed E-state index contributed by atoms with van der Waals surface area (Å²) in [7, 11) is 0. The predicted octanol–water partition coefficient (Wildman–Crippen LogP) is 8.77. The third-order valence-corrected chi connectivity index (χ3v) is 7.01. The van der Waals surface area contributed by atoms with E-state index in [1.165, 1.54) is 68.8 Å². The van der Waals surface area contributed by atoms with Crippen LogP contribution in [0.25, 0.3) is 0 Å². The Labute approximate surface area is 200 Å². The van der Waals surface area contributed by atoms with Crippen molar-refractivity contribution < 1.29 is 9.53 Å². The van der Waals surface area contributed by atoms with Crippen molar-refractivity contribution in [3.63, 3.8) is 0 Å². The Hall–Kier alpha value is -1.12. The van der Waals surface area contributed by atoms with E-state index in [1.807, 2.05) is 0 Å². The van der Waals surface area contributed by atoms with Crippen LogP contribution in [-0.4, -0.2) is 12.9 Å². The average Bonchev–Trinajstić information content (AvgIpc) is 2.77. The minimum atomic E-state index is -0.350. The van der Waals surface area contributed by atoms with Gasteiger partial charge in [-0.15, -0.1) is 0 Å². The van der Waals surface area contributed by atoms with E-state index < -0.39 is 0 Å². The second kappa shape index (κ2) is 15.7. The zero-order valence-electron chi connectivity index (χ0n) is 22.2. The van der Waals surface area contributed by atoms with Crippen LogP contribution >= 0.6 is 0 Å². The summed E-state index contributed by atoms with van der Waals surface area (Å²) in [6, 6.07) is 4.21. The summed E-state index contributed by atoms with van der Waals surface area (Å²) in [6.45, 7) is 16.2. The number of carbonyl (C=O) groups excluding carboxylic acids is 1. The molecule has 0 aromatic carbocycles. The number of unbranched alkanes of at least 4 members (excludes halogenated alkanes) is 7. The summed E-state index contributed by atoms with van der Waals surface area (Å²) in [4.78, 5) is 13.3. The van der Waals surface area contributed by atoms with E-state index in [1.54, 1.807) is 0 Å². The molecule has 1 aromatic rings. The zero-order valence-corrected chi connectivity index (χ0v) is 22.2. The van der Waals surface area contributed by atoms with Gasteiger partial charge in [0.25, 0.3) is 0 Å². The first-order valence-electron chi connectivity index (χ1n) is 13.5. The van der Waals surface area contributed by atoms with E-state index in [-0.39, 0.29) is 16.8 Å². The van der Waals surface area contributed by atoms with Gasteiger partial charge in [-0.3, -0.25) is 0 Å². The number of hydrogen-bond donors (Lipinski definition) is 0. The van der Waals surface area contributed by atoms with Crippen LogP contribution in [0, 0.1) is 10.8 Å². The van der Waals surface area contributed by atoms with Crippen molar-refractivity contribution in [2.75, 3.05) is 0 Å². The molecule has 0 spiro atoms. The molecule has 0 aliphatic heterocycles. The van der Waals surface area contributed by atoms with Gasteiger partial charge < -0.3 is 0 Å². The molecule has 182 valence electrons. The van der Waals surface area contributed by atoms with Crippen molar-refractivity contribution >= 4 is 12.9 Å². The topological polar surface area (TPSA) is 26.3 Å². The molecule has 0 unspecified atom stereocenters. The molecule has 3 heteroatoms. The van der Waals surface area contributed by atoms with E-state index in [9.17, 15) is 4.79 Å². The number of esters is 1. The molecule has 0 fully saturated rings. The molecule has 0 saturated heterocycles. The van der Waals surface area contributed by atoms with Crippen LogP contribution < -0.4 is 0 Å². The van der Waals surface area contributed by atoms with Gasteiger partial charge in [0, 0.05) is 0 Å². The van der Waals surface area contributed by atoms with E-state index in [4.69, 9.17) is 4.74 Å². The molecule has 1 heterocycles. The fourth-order valence-corrected chi connectivity index (χ4v) is 4.66. The van der Waals surface area contributed by atoms with Crippen LogP contribution in [0.1, 0.15) is 136 Å². The molecule has 2 nitrogen and oxygen atoms in total. The molecule has 0 bridgehead atoms. The monoisotopic (exact) mass is 442 g/mol. The Morgan fingerprint density at radius 1 is 0.844 bits per heavy atom. The maximum absolute atomic E-state index is 13.3. The second-order valence-corrected chi connectivity index (χ2v) is 11.0. The fourth-order valence-electron chi connectivity index (χ4n) is 4.66. The van der Waals surface area contributed by atoms with E-state index in [0.717, 1.165) is 32.1 Å². The van der Waals surface area contributed by atoms with E-state index in [2.05, 4.69) is 66.5 Å². The van der Waals surface area contributed by atoms with Crippen molar-refractivity contribution in [1.82, 2.24) is 0 Å². The molecule has 0 radical (unpaired) electrons. The molecule has 32 heavy (non-hydrogen) atoms. The molecule has 0 N–H and O–H groups in total. The van der Waals surface area contributed by atoms with Crippen molar-refractivity contribution in [3.05, 3.63) is 29.1 Å². The van der Waals surface area contributed by atoms with E-state index in [0.29, 0.717) is 6.61 Å². The summed E-state index contributed by atoms with van der Waals surface area (Å²) in [5.74, 6) is 2.12. The van der Waals surface area contributed by atoms with Crippen molar-refractivity contribution in [2.45, 2.75) is 138 Å². The quantitative estimate of drug-likeness (QED) is 0.168. The first-order chi connectivity index (χ1) is 15.3. The molecule has 0 atom stereocenters. The minimum absolute atomic E-state index is 0.00513. The summed E-state index contributed by atoms with van der Waals surface area (Å²) >= 11 is 0. The number of ether oxygens (including phenoxy) is 1. The van der Waals surface area contributed by atoms with Gasteiger partial charge in [-0.1, -0.05) is 0 Å². The van der Waals surface area contributed by atoms with Gasteiger partial charge in [0.2, 0.25) is 0 Å². The SMILES string of the molecule is CCCCCCC(C)(CCCCCC)C(=O)OCc1cccbc1CC(C)(C)CCCC. The molecule has 0 amide bonds. The van der Waals surface area contributed by atoms with Gasteiger partial charge >= 0.3 is 200 Å². The van der Waals surface area contributed by atoms with Crippen LogP contribution in [0.4, 0.5) is 0 Å². The van der Waals surface area contributed by atoms with Gasteiger partial charge in [-0.05, 0) is 0 Å². The predicted molar refractivity (Wildman–Crippen MR) is 140 cm³/mol. The average molecular weight is 443 g/mol.